The summed E-state index contributed by atoms with van der Waals surface area (Å²) in [6.07, 6.45) is 4.53. The van der Waals surface area contributed by atoms with Gasteiger partial charge in [-0.15, -0.1) is 6.58 Å². The first kappa shape index (κ1) is 16.0. The maximum atomic E-state index is 11.7. The first-order valence-electron chi connectivity index (χ1n) is 6.76. The van der Waals surface area contributed by atoms with Gasteiger partial charge in [-0.1, -0.05) is 23.7 Å². The fourth-order valence-corrected chi connectivity index (χ4v) is 2.33. The van der Waals surface area contributed by atoms with Gasteiger partial charge in [0.1, 0.15) is 0 Å². The van der Waals surface area contributed by atoms with Crippen LogP contribution in [0.25, 0.3) is 0 Å². The second-order valence-electron chi connectivity index (χ2n) is 4.86. The molecule has 1 heterocycles. The lowest BCUT2D eigenvalue weighted by Gasteiger charge is -2.11. The average molecular weight is 317 g/mol. The van der Waals surface area contributed by atoms with E-state index in [1.54, 1.807) is 6.08 Å². The van der Waals surface area contributed by atoms with Crippen molar-refractivity contribution in [3.63, 3.8) is 0 Å². The number of nitrogens with one attached hydrogen (secondary N) is 2. The topological polar surface area (TPSA) is 66.9 Å². The van der Waals surface area contributed by atoms with Crippen LogP contribution in [0.1, 0.15) is 21.5 Å². The maximum absolute atomic E-state index is 11.7. The minimum Gasteiger partial charge on any atom is -0.348 e. The highest BCUT2D eigenvalue weighted by molar-refractivity contribution is 6.33. The minimum atomic E-state index is -0.240. The van der Waals surface area contributed by atoms with Crippen molar-refractivity contribution in [2.45, 2.75) is 13.8 Å². The number of carbonyl (C=O) groups excluding carboxylic acids is 1. The number of aromatic nitrogens is 2. The number of benzene rings is 1. The number of halogens is 1. The smallest absolute Gasteiger partial charge is 0.254 e. The zero-order valence-corrected chi connectivity index (χ0v) is 13.2. The fourth-order valence-electron chi connectivity index (χ4n) is 1.96. The van der Waals surface area contributed by atoms with Gasteiger partial charge >= 0.3 is 0 Å². The number of hydrogen-bond donors (Lipinski definition) is 2. The van der Waals surface area contributed by atoms with Crippen molar-refractivity contribution in [2.75, 3.05) is 11.9 Å². The summed E-state index contributed by atoms with van der Waals surface area (Å²) in [6.45, 7) is 7.88. The lowest BCUT2D eigenvalue weighted by Crippen LogP contribution is -2.23. The largest absolute Gasteiger partial charge is 0.348 e. The van der Waals surface area contributed by atoms with Crippen LogP contribution >= 0.6 is 11.6 Å². The predicted octanol–water partition coefficient (Wildman–Crippen LogP) is 3.41. The van der Waals surface area contributed by atoms with Crippen molar-refractivity contribution in [2.24, 2.45) is 0 Å². The number of anilines is 2. The number of hydrogen-bond acceptors (Lipinski definition) is 4. The third-order valence-electron chi connectivity index (χ3n) is 2.99. The first-order valence-corrected chi connectivity index (χ1v) is 7.14. The Morgan fingerprint density at radius 3 is 2.59 bits per heavy atom. The Bertz CT molecular complexity index is 675. The average Bonchev–Trinajstić information content (AvgIpc) is 2.49. The molecular formula is C16H17ClN4O. The summed E-state index contributed by atoms with van der Waals surface area (Å²) in [5.41, 5.74) is 3.24. The van der Waals surface area contributed by atoms with E-state index < -0.39 is 0 Å². The van der Waals surface area contributed by atoms with Crippen LogP contribution in [-0.4, -0.2) is 22.4 Å². The Hall–Kier alpha value is -2.40. The van der Waals surface area contributed by atoms with Crippen LogP contribution in [0.4, 0.5) is 11.6 Å². The van der Waals surface area contributed by atoms with Crippen LogP contribution in [-0.2, 0) is 0 Å². The number of nitrogens with zero attached hydrogens (tertiary/aromatic N) is 2. The molecule has 0 bridgehead atoms. The molecule has 0 saturated carbocycles. The van der Waals surface area contributed by atoms with Crippen LogP contribution < -0.4 is 10.6 Å². The molecule has 0 aliphatic carbocycles. The first-order chi connectivity index (χ1) is 10.5. The number of amides is 1. The van der Waals surface area contributed by atoms with E-state index in [0.29, 0.717) is 23.1 Å². The Balaban J connectivity index is 2.15. The molecule has 1 aromatic heterocycles. The van der Waals surface area contributed by atoms with E-state index in [1.165, 1.54) is 12.4 Å². The molecule has 2 aromatic rings. The van der Waals surface area contributed by atoms with Crippen molar-refractivity contribution < 1.29 is 4.79 Å². The second-order valence-corrected chi connectivity index (χ2v) is 5.26. The summed E-state index contributed by atoms with van der Waals surface area (Å²) in [5, 5.41) is 6.34. The Morgan fingerprint density at radius 1 is 1.32 bits per heavy atom. The van der Waals surface area contributed by atoms with Crippen molar-refractivity contribution in [1.82, 2.24) is 15.3 Å². The third-order valence-corrected chi connectivity index (χ3v) is 3.29. The van der Waals surface area contributed by atoms with Gasteiger partial charge in [-0.25, -0.2) is 9.97 Å². The highest BCUT2D eigenvalue weighted by atomic mass is 35.5. The van der Waals surface area contributed by atoms with E-state index in [2.05, 4.69) is 27.2 Å². The van der Waals surface area contributed by atoms with Gasteiger partial charge < -0.3 is 10.6 Å². The molecule has 0 atom stereocenters. The Morgan fingerprint density at radius 2 is 2.00 bits per heavy atom. The van der Waals surface area contributed by atoms with E-state index >= 15 is 0 Å². The third kappa shape index (κ3) is 3.83. The highest BCUT2D eigenvalue weighted by Gasteiger charge is 2.09. The van der Waals surface area contributed by atoms with Gasteiger partial charge in [-0.05, 0) is 31.0 Å². The molecule has 2 N–H and O–H groups in total. The fraction of sp³-hybridized carbons (Fsp3) is 0.188. The van der Waals surface area contributed by atoms with Gasteiger partial charge in [0.25, 0.3) is 5.91 Å². The predicted molar refractivity (Wildman–Crippen MR) is 88.8 cm³/mol. The van der Waals surface area contributed by atoms with Gasteiger partial charge in [-0.3, -0.25) is 4.79 Å². The summed E-state index contributed by atoms with van der Waals surface area (Å²) in [4.78, 5) is 20.0. The van der Waals surface area contributed by atoms with Crippen LogP contribution in [0.15, 0.2) is 37.2 Å². The van der Waals surface area contributed by atoms with E-state index in [4.69, 9.17) is 11.6 Å². The zero-order valence-electron chi connectivity index (χ0n) is 12.5. The minimum absolute atomic E-state index is 0.240. The van der Waals surface area contributed by atoms with Gasteiger partial charge in [0, 0.05) is 18.9 Å². The number of carbonyl (C=O) groups is 1. The van der Waals surface area contributed by atoms with Crippen molar-refractivity contribution in [3.8, 4) is 0 Å². The molecule has 0 fully saturated rings. The van der Waals surface area contributed by atoms with Crippen LogP contribution in [0.3, 0.4) is 0 Å². The summed E-state index contributed by atoms with van der Waals surface area (Å²) in [5.74, 6) is 0.144. The maximum Gasteiger partial charge on any atom is 0.254 e. The molecular weight excluding hydrogens is 300 g/mol. The summed E-state index contributed by atoms with van der Waals surface area (Å²) in [6, 6.07) is 3.89. The van der Waals surface area contributed by atoms with E-state index in [9.17, 15) is 4.79 Å². The summed E-state index contributed by atoms with van der Waals surface area (Å²) >= 11 is 6.23. The van der Waals surface area contributed by atoms with Crippen molar-refractivity contribution in [3.05, 3.63) is 58.9 Å². The van der Waals surface area contributed by atoms with E-state index in [-0.39, 0.29) is 5.91 Å². The number of aryl methyl sites for hydroxylation is 2. The second kappa shape index (κ2) is 7.04. The molecule has 0 spiro atoms. The summed E-state index contributed by atoms with van der Waals surface area (Å²) < 4.78 is 0. The lowest BCUT2D eigenvalue weighted by molar-refractivity contribution is 0.0957. The molecule has 1 aromatic carbocycles. The van der Waals surface area contributed by atoms with Crippen LogP contribution in [0.2, 0.25) is 5.02 Å². The molecule has 22 heavy (non-hydrogen) atoms. The van der Waals surface area contributed by atoms with Crippen LogP contribution in [0, 0.1) is 13.8 Å². The molecule has 0 aliphatic rings. The van der Waals surface area contributed by atoms with Gasteiger partial charge in [0.15, 0.2) is 0 Å². The number of rotatable bonds is 5. The van der Waals surface area contributed by atoms with Gasteiger partial charge in [-0.2, -0.15) is 0 Å². The molecule has 114 valence electrons. The molecule has 1 amide bonds. The Kier molecular flexibility index (Phi) is 5.12. The van der Waals surface area contributed by atoms with Gasteiger partial charge in [0.2, 0.25) is 5.95 Å². The lowest BCUT2D eigenvalue weighted by atomic mass is 10.1. The van der Waals surface area contributed by atoms with E-state index in [0.717, 1.165) is 16.8 Å². The van der Waals surface area contributed by atoms with Crippen molar-refractivity contribution in [1.29, 1.82) is 0 Å². The molecule has 0 radical (unpaired) electrons. The SMILES string of the molecule is C=CCNC(=O)c1cnc(Nc2c(C)cc(C)cc2Cl)nc1. The standard InChI is InChI=1S/C16H17ClN4O/c1-4-5-18-15(22)12-8-19-16(20-9-12)21-14-11(3)6-10(2)7-13(14)17/h4,6-9H,1,5H2,2-3H3,(H,18,22)(H,19,20,21). The molecule has 0 saturated heterocycles. The van der Waals surface area contributed by atoms with Crippen LogP contribution in [0.5, 0.6) is 0 Å². The highest BCUT2D eigenvalue weighted by Crippen LogP contribution is 2.29. The van der Waals surface area contributed by atoms with E-state index in [1.807, 2.05) is 26.0 Å². The monoisotopic (exact) mass is 316 g/mol. The molecule has 0 aliphatic heterocycles. The molecule has 0 unspecified atom stereocenters. The normalized spacial score (nSPS) is 10.1. The van der Waals surface area contributed by atoms with Gasteiger partial charge in [0.05, 0.1) is 16.3 Å². The zero-order chi connectivity index (χ0) is 16.1. The molecule has 6 heteroatoms. The summed E-state index contributed by atoms with van der Waals surface area (Å²) in [7, 11) is 0. The Labute approximate surface area is 134 Å². The molecule has 5 nitrogen and oxygen atoms in total. The quantitative estimate of drug-likeness (QED) is 0.830. The van der Waals surface area contributed by atoms with Crippen molar-refractivity contribution >= 4 is 29.1 Å². The molecule has 2 rings (SSSR count).